The number of carbonyl (C=O) groups is 2. The van der Waals surface area contributed by atoms with Gasteiger partial charge >= 0.3 is 0 Å². The molecule has 1 aromatic rings. The van der Waals surface area contributed by atoms with Crippen LogP contribution in [0.25, 0.3) is 0 Å². The van der Waals surface area contributed by atoms with E-state index in [1.54, 1.807) is 12.2 Å². The second-order valence-electron chi connectivity index (χ2n) is 5.75. The number of imide groups is 1. The van der Waals surface area contributed by atoms with Crippen LogP contribution in [-0.2, 0) is 16.0 Å². The smallest absolute Gasteiger partial charge is 0.235 e. The Bertz CT molecular complexity index is 567. The monoisotopic (exact) mass is 285 g/mol. The highest BCUT2D eigenvalue weighted by atomic mass is 16.3. The number of benzene rings is 1. The Balaban J connectivity index is 1.75. The SMILES string of the molecule is O=C1CCC(Cc2ccccc2)N1C(=O)C1CC=CC1O. The fourth-order valence-corrected chi connectivity index (χ4v) is 3.19. The fraction of sp³-hybridized carbons (Fsp3) is 0.412. The standard InChI is InChI=1S/C17H19NO3/c19-15-8-4-7-14(15)17(21)18-13(9-10-16(18)20)11-12-5-2-1-3-6-12/h1-6,8,13-15,19H,7,9-11H2. The lowest BCUT2D eigenvalue weighted by atomic mass is 10.00. The predicted molar refractivity (Wildman–Crippen MR) is 78.3 cm³/mol. The van der Waals surface area contributed by atoms with Crippen LogP contribution >= 0.6 is 0 Å². The van der Waals surface area contributed by atoms with Crippen molar-refractivity contribution in [3.8, 4) is 0 Å². The van der Waals surface area contributed by atoms with Crippen molar-refractivity contribution in [2.75, 3.05) is 0 Å². The molecule has 4 nitrogen and oxygen atoms in total. The molecule has 0 bridgehead atoms. The zero-order valence-corrected chi connectivity index (χ0v) is 11.8. The number of amides is 2. The summed E-state index contributed by atoms with van der Waals surface area (Å²) in [6.45, 7) is 0. The lowest BCUT2D eigenvalue weighted by Crippen LogP contribution is -2.45. The average molecular weight is 285 g/mol. The number of rotatable bonds is 3. The molecule has 1 N–H and O–H groups in total. The first-order valence-corrected chi connectivity index (χ1v) is 7.41. The first-order chi connectivity index (χ1) is 10.2. The number of allylic oxidation sites excluding steroid dienone is 1. The third-order valence-electron chi connectivity index (χ3n) is 4.33. The molecule has 1 aliphatic heterocycles. The van der Waals surface area contributed by atoms with Crippen LogP contribution in [0.4, 0.5) is 0 Å². The van der Waals surface area contributed by atoms with Crippen molar-refractivity contribution >= 4 is 11.8 Å². The highest BCUT2D eigenvalue weighted by Crippen LogP contribution is 2.28. The highest BCUT2D eigenvalue weighted by molar-refractivity contribution is 5.98. The maximum absolute atomic E-state index is 12.6. The van der Waals surface area contributed by atoms with E-state index in [-0.39, 0.29) is 17.9 Å². The molecule has 21 heavy (non-hydrogen) atoms. The molecule has 4 heteroatoms. The van der Waals surface area contributed by atoms with Gasteiger partial charge in [0.2, 0.25) is 11.8 Å². The van der Waals surface area contributed by atoms with Gasteiger partial charge in [0.25, 0.3) is 0 Å². The minimum atomic E-state index is -0.761. The zero-order chi connectivity index (χ0) is 14.8. The summed E-state index contributed by atoms with van der Waals surface area (Å²) < 4.78 is 0. The van der Waals surface area contributed by atoms with E-state index in [9.17, 15) is 14.7 Å². The highest BCUT2D eigenvalue weighted by Gasteiger charge is 2.41. The Labute approximate surface area is 124 Å². The second kappa shape index (κ2) is 5.82. The Morgan fingerprint density at radius 2 is 2.05 bits per heavy atom. The van der Waals surface area contributed by atoms with Crippen LogP contribution in [0.1, 0.15) is 24.8 Å². The summed E-state index contributed by atoms with van der Waals surface area (Å²) in [7, 11) is 0. The van der Waals surface area contributed by atoms with Gasteiger partial charge in [-0.25, -0.2) is 0 Å². The first-order valence-electron chi connectivity index (χ1n) is 7.41. The van der Waals surface area contributed by atoms with Gasteiger partial charge in [-0.15, -0.1) is 0 Å². The van der Waals surface area contributed by atoms with Crippen molar-refractivity contribution < 1.29 is 14.7 Å². The maximum atomic E-state index is 12.6. The van der Waals surface area contributed by atoms with Crippen LogP contribution in [0.5, 0.6) is 0 Å². The first kappa shape index (κ1) is 14.0. The van der Waals surface area contributed by atoms with Crippen molar-refractivity contribution in [3.05, 3.63) is 48.0 Å². The summed E-state index contributed by atoms with van der Waals surface area (Å²) in [4.78, 5) is 26.1. The molecule has 1 aliphatic carbocycles. The molecule has 0 aromatic heterocycles. The molecule has 2 amide bonds. The minimum Gasteiger partial charge on any atom is -0.388 e. The summed E-state index contributed by atoms with van der Waals surface area (Å²) in [5.41, 5.74) is 1.13. The molecule has 0 radical (unpaired) electrons. The number of nitrogens with zero attached hydrogens (tertiary/aromatic N) is 1. The van der Waals surface area contributed by atoms with Crippen LogP contribution in [0, 0.1) is 5.92 Å². The minimum absolute atomic E-state index is 0.0831. The van der Waals surface area contributed by atoms with E-state index in [1.165, 1.54) is 4.90 Å². The van der Waals surface area contributed by atoms with Gasteiger partial charge in [0.05, 0.1) is 12.0 Å². The van der Waals surface area contributed by atoms with Crippen LogP contribution in [0.15, 0.2) is 42.5 Å². The molecule has 110 valence electrons. The number of aliphatic hydroxyl groups is 1. The summed E-state index contributed by atoms with van der Waals surface area (Å²) in [5.74, 6) is -0.832. The number of aliphatic hydroxyl groups excluding tert-OH is 1. The molecular formula is C17H19NO3. The molecule has 2 aliphatic rings. The molecular weight excluding hydrogens is 266 g/mol. The third kappa shape index (κ3) is 2.76. The number of carbonyl (C=O) groups excluding carboxylic acids is 2. The van der Waals surface area contributed by atoms with Gasteiger partial charge in [-0.05, 0) is 24.8 Å². The van der Waals surface area contributed by atoms with Gasteiger partial charge in [0.1, 0.15) is 0 Å². The zero-order valence-electron chi connectivity index (χ0n) is 11.8. The lowest BCUT2D eigenvalue weighted by molar-refractivity contribution is -0.148. The molecule has 1 saturated heterocycles. The van der Waals surface area contributed by atoms with Gasteiger partial charge in [0, 0.05) is 12.5 Å². The van der Waals surface area contributed by atoms with Gasteiger partial charge in [-0.2, -0.15) is 0 Å². The molecule has 3 rings (SSSR count). The lowest BCUT2D eigenvalue weighted by Gasteiger charge is -2.27. The fourth-order valence-electron chi connectivity index (χ4n) is 3.19. The largest absolute Gasteiger partial charge is 0.388 e. The molecule has 0 spiro atoms. The van der Waals surface area contributed by atoms with Gasteiger partial charge in [-0.1, -0.05) is 42.5 Å². The van der Waals surface area contributed by atoms with E-state index >= 15 is 0 Å². The molecule has 1 aromatic carbocycles. The second-order valence-corrected chi connectivity index (χ2v) is 5.75. The van der Waals surface area contributed by atoms with E-state index < -0.39 is 12.0 Å². The van der Waals surface area contributed by atoms with E-state index in [4.69, 9.17) is 0 Å². The summed E-state index contributed by atoms with van der Waals surface area (Å²) in [5, 5.41) is 9.84. The van der Waals surface area contributed by atoms with E-state index in [1.807, 2.05) is 30.3 Å². The molecule has 1 heterocycles. The van der Waals surface area contributed by atoms with Gasteiger partial charge in [-0.3, -0.25) is 14.5 Å². The molecule has 3 unspecified atom stereocenters. The van der Waals surface area contributed by atoms with Crippen molar-refractivity contribution in [2.24, 2.45) is 5.92 Å². The van der Waals surface area contributed by atoms with E-state index in [0.717, 1.165) is 5.56 Å². The Morgan fingerprint density at radius 3 is 2.71 bits per heavy atom. The Kier molecular flexibility index (Phi) is 3.88. The van der Waals surface area contributed by atoms with Crippen molar-refractivity contribution in [1.29, 1.82) is 0 Å². The van der Waals surface area contributed by atoms with E-state index in [0.29, 0.717) is 25.7 Å². The predicted octanol–water partition coefficient (Wildman–Crippen LogP) is 1.68. The number of hydrogen-bond donors (Lipinski definition) is 1. The van der Waals surface area contributed by atoms with Crippen molar-refractivity contribution in [1.82, 2.24) is 4.90 Å². The molecule has 1 fully saturated rings. The van der Waals surface area contributed by atoms with Crippen LogP contribution in [-0.4, -0.2) is 34.0 Å². The van der Waals surface area contributed by atoms with Gasteiger partial charge in [0.15, 0.2) is 0 Å². The molecule has 0 saturated carbocycles. The van der Waals surface area contributed by atoms with Gasteiger partial charge < -0.3 is 5.11 Å². The van der Waals surface area contributed by atoms with Crippen molar-refractivity contribution in [3.63, 3.8) is 0 Å². The number of hydrogen-bond acceptors (Lipinski definition) is 3. The maximum Gasteiger partial charge on any atom is 0.235 e. The quantitative estimate of drug-likeness (QED) is 0.679. The third-order valence-corrected chi connectivity index (χ3v) is 4.33. The van der Waals surface area contributed by atoms with Crippen LogP contribution in [0.2, 0.25) is 0 Å². The van der Waals surface area contributed by atoms with Crippen LogP contribution in [0.3, 0.4) is 0 Å². The molecule has 3 atom stereocenters. The van der Waals surface area contributed by atoms with Crippen molar-refractivity contribution in [2.45, 2.75) is 37.8 Å². The van der Waals surface area contributed by atoms with E-state index in [2.05, 4.69) is 0 Å². The Morgan fingerprint density at radius 1 is 1.29 bits per heavy atom. The Hall–Kier alpha value is -1.94. The summed E-state index contributed by atoms with van der Waals surface area (Å²) in [6.07, 6.45) is 5.00. The average Bonchev–Trinajstić information content (AvgIpc) is 3.06. The number of likely N-dealkylation sites (tertiary alicyclic amines) is 1. The summed E-state index contributed by atoms with van der Waals surface area (Å²) >= 11 is 0. The topological polar surface area (TPSA) is 57.6 Å². The normalized spacial score (nSPS) is 28.3. The van der Waals surface area contributed by atoms with Crippen LogP contribution < -0.4 is 0 Å². The summed E-state index contributed by atoms with van der Waals surface area (Å²) in [6, 6.07) is 9.81.